The molecule has 0 fully saturated rings. The van der Waals surface area contributed by atoms with Crippen molar-refractivity contribution in [3.05, 3.63) is 29.8 Å². The molecule has 0 aliphatic carbocycles. The summed E-state index contributed by atoms with van der Waals surface area (Å²) in [6.45, 7) is 8.62. The molecule has 0 saturated carbocycles. The number of carbonyl (C=O) groups excluding carboxylic acids is 2. The molecule has 2 N–H and O–H groups in total. The second kappa shape index (κ2) is 11.3. The first kappa shape index (κ1) is 19.8. The van der Waals surface area contributed by atoms with Gasteiger partial charge < -0.3 is 20.3 Å². The molecular formula is C18H29N3O3. The number of nitrogens with one attached hydrogen (secondary N) is 2. The maximum Gasteiger partial charge on any atom is 0.317 e. The van der Waals surface area contributed by atoms with Gasteiger partial charge in [0.1, 0.15) is 5.75 Å². The minimum atomic E-state index is -0.0965. The first-order chi connectivity index (χ1) is 11.6. The molecule has 6 heteroatoms. The van der Waals surface area contributed by atoms with Gasteiger partial charge in [-0.25, -0.2) is 4.79 Å². The summed E-state index contributed by atoms with van der Waals surface area (Å²) >= 11 is 0. The van der Waals surface area contributed by atoms with Crippen LogP contribution in [0, 0.1) is 6.92 Å². The zero-order chi connectivity index (χ0) is 17.8. The number of hydrogen-bond donors (Lipinski definition) is 2. The van der Waals surface area contributed by atoms with Gasteiger partial charge in [-0.3, -0.25) is 4.79 Å². The van der Waals surface area contributed by atoms with Gasteiger partial charge in [0.05, 0.1) is 6.61 Å². The van der Waals surface area contributed by atoms with Crippen LogP contribution in [-0.4, -0.2) is 49.6 Å². The molecule has 0 unspecified atom stereocenters. The zero-order valence-electron chi connectivity index (χ0n) is 14.9. The molecule has 0 aromatic heterocycles. The van der Waals surface area contributed by atoms with Crippen molar-refractivity contribution >= 4 is 11.9 Å². The van der Waals surface area contributed by atoms with Crippen LogP contribution in [0.2, 0.25) is 0 Å². The van der Waals surface area contributed by atoms with Gasteiger partial charge in [0.2, 0.25) is 5.91 Å². The van der Waals surface area contributed by atoms with Crippen LogP contribution in [0.1, 0.15) is 32.3 Å². The van der Waals surface area contributed by atoms with Gasteiger partial charge >= 0.3 is 6.03 Å². The Kier molecular flexibility index (Phi) is 9.34. The molecule has 3 amide bonds. The predicted molar refractivity (Wildman–Crippen MR) is 95.2 cm³/mol. The van der Waals surface area contributed by atoms with Crippen LogP contribution >= 0.6 is 0 Å². The Morgan fingerprint density at radius 3 is 2.29 bits per heavy atom. The lowest BCUT2D eigenvalue weighted by atomic mass is 10.2. The van der Waals surface area contributed by atoms with Crippen molar-refractivity contribution in [3.63, 3.8) is 0 Å². The fourth-order valence-electron chi connectivity index (χ4n) is 2.14. The number of rotatable bonds is 10. The lowest BCUT2D eigenvalue weighted by Gasteiger charge is -2.19. The normalized spacial score (nSPS) is 10.1. The van der Waals surface area contributed by atoms with Crippen molar-refractivity contribution in [2.24, 2.45) is 0 Å². The van der Waals surface area contributed by atoms with Crippen molar-refractivity contribution < 1.29 is 14.3 Å². The van der Waals surface area contributed by atoms with Gasteiger partial charge in [-0.05, 0) is 39.3 Å². The molecule has 1 aromatic rings. The second-order valence-corrected chi connectivity index (χ2v) is 5.52. The number of carbonyl (C=O) groups is 2. The van der Waals surface area contributed by atoms with Gasteiger partial charge in [0, 0.05) is 32.6 Å². The van der Waals surface area contributed by atoms with Gasteiger partial charge in [-0.15, -0.1) is 0 Å². The fraction of sp³-hybridized carbons (Fsp3) is 0.556. The minimum Gasteiger partial charge on any atom is -0.494 e. The topological polar surface area (TPSA) is 70.7 Å². The number of ether oxygens (including phenoxy) is 1. The van der Waals surface area contributed by atoms with E-state index >= 15 is 0 Å². The van der Waals surface area contributed by atoms with Crippen LogP contribution in [0.4, 0.5) is 4.79 Å². The molecule has 0 saturated heterocycles. The number of nitrogens with zero attached hydrogens (tertiary/aromatic N) is 1. The smallest absolute Gasteiger partial charge is 0.317 e. The molecule has 0 aliphatic heterocycles. The van der Waals surface area contributed by atoms with E-state index in [1.54, 1.807) is 4.90 Å². The molecule has 134 valence electrons. The molecule has 0 radical (unpaired) electrons. The molecular weight excluding hydrogens is 306 g/mol. The lowest BCUT2D eigenvalue weighted by molar-refractivity contribution is -0.121. The summed E-state index contributed by atoms with van der Waals surface area (Å²) < 4.78 is 5.58. The van der Waals surface area contributed by atoms with E-state index in [2.05, 4.69) is 10.6 Å². The fourth-order valence-corrected chi connectivity index (χ4v) is 2.14. The third kappa shape index (κ3) is 7.85. The average Bonchev–Trinajstić information content (AvgIpc) is 2.58. The molecule has 0 heterocycles. The van der Waals surface area contributed by atoms with Gasteiger partial charge in [-0.2, -0.15) is 0 Å². The summed E-state index contributed by atoms with van der Waals surface area (Å²) in [5.74, 6) is 0.791. The predicted octanol–water partition coefficient (Wildman–Crippen LogP) is 2.32. The van der Waals surface area contributed by atoms with E-state index in [9.17, 15) is 9.59 Å². The van der Waals surface area contributed by atoms with E-state index in [1.165, 1.54) is 5.56 Å². The number of hydrogen-bond acceptors (Lipinski definition) is 3. The Morgan fingerprint density at radius 1 is 1.04 bits per heavy atom. The highest BCUT2D eigenvalue weighted by Crippen LogP contribution is 2.11. The minimum absolute atomic E-state index is 0.0282. The van der Waals surface area contributed by atoms with E-state index in [1.807, 2.05) is 45.0 Å². The highest BCUT2D eigenvalue weighted by Gasteiger charge is 2.08. The second-order valence-electron chi connectivity index (χ2n) is 5.52. The Bertz CT molecular complexity index is 499. The number of amides is 3. The van der Waals surface area contributed by atoms with Crippen molar-refractivity contribution in [2.45, 2.75) is 33.6 Å². The van der Waals surface area contributed by atoms with Crippen molar-refractivity contribution in [2.75, 3.05) is 32.8 Å². The average molecular weight is 335 g/mol. The summed E-state index contributed by atoms with van der Waals surface area (Å²) in [6.07, 6.45) is 1.07. The Morgan fingerprint density at radius 2 is 1.67 bits per heavy atom. The third-order valence-corrected chi connectivity index (χ3v) is 3.61. The lowest BCUT2D eigenvalue weighted by Crippen LogP contribution is -2.42. The van der Waals surface area contributed by atoms with Gasteiger partial charge in [0.15, 0.2) is 0 Å². The van der Waals surface area contributed by atoms with Crippen LogP contribution in [0.25, 0.3) is 0 Å². The standard InChI is InChI=1S/C18H29N3O3/c1-4-21(5-2)18(23)20-13-12-19-17(22)7-6-14-24-16-10-8-15(3)9-11-16/h8-11H,4-7,12-14H2,1-3H3,(H,19,22)(H,20,23). The first-order valence-electron chi connectivity index (χ1n) is 8.55. The monoisotopic (exact) mass is 335 g/mol. The summed E-state index contributed by atoms with van der Waals surface area (Å²) in [4.78, 5) is 25.1. The Hall–Kier alpha value is -2.24. The summed E-state index contributed by atoms with van der Waals surface area (Å²) in [5.41, 5.74) is 1.19. The highest BCUT2D eigenvalue weighted by molar-refractivity contribution is 5.76. The largest absolute Gasteiger partial charge is 0.494 e. The molecule has 1 aromatic carbocycles. The molecule has 6 nitrogen and oxygen atoms in total. The van der Waals surface area contributed by atoms with Crippen LogP contribution in [0.15, 0.2) is 24.3 Å². The van der Waals surface area contributed by atoms with Crippen LogP contribution in [0.5, 0.6) is 5.75 Å². The Labute approximate surface area is 144 Å². The number of aryl methyl sites for hydroxylation is 1. The molecule has 0 atom stereocenters. The van der Waals surface area contributed by atoms with Crippen molar-refractivity contribution in [3.8, 4) is 5.75 Å². The first-order valence-corrected chi connectivity index (χ1v) is 8.55. The van der Waals surface area contributed by atoms with Crippen molar-refractivity contribution in [1.29, 1.82) is 0 Å². The quantitative estimate of drug-likeness (QED) is 0.645. The molecule has 0 spiro atoms. The molecule has 24 heavy (non-hydrogen) atoms. The maximum atomic E-state index is 11.7. The number of benzene rings is 1. The summed E-state index contributed by atoms with van der Waals surface area (Å²) in [5, 5.41) is 5.57. The van der Waals surface area contributed by atoms with E-state index in [0.29, 0.717) is 45.6 Å². The van der Waals surface area contributed by atoms with Crippen molar-refractivity contribution in [1.82, 2.24) is 15.5 Å². The molecule has 0 aliphatic rings. The summed E-state index contributed by atoms with van der Waals surface area (Å²) in [7, 11) is 0. The van der Waals surface area contributed by atoms with Crippen LogP contribution in [0.3, 0.4) is 0 Å². The van der Waals surface area contributed by atoms with Gasteiger partial charge in [0.25, 0.3) is 0 Å². The van der Waals surface area contributed by atoms with E-state index in [0.717, 1.165) is 5.75 Å². The highest BCUT2D eigenvalue weighted by atomic mass is 16.5. The summed E-state index contributed by atoms with van der Waals surface area (Å²) in [6, 6.07) is 7.74. The van der Waals surface area contributed by atoms with Crippen LogP contribution in [-0.2, 0) is 4.79 Å². The number of urea groups is 1. The third-order valence-electron chi connectivity index (χ3n) is 3.61. The SMILES string of the molecule is CCN(CC)C(=O)NCCNC(=O)CCCOc1ccc(C)cc1. The Balaban J connectivity index is 2.06. The zero-order valence-corrected chi connectivity index (χ0v) is 14.9. The van der Waals surface area contributed by atoms with E-state index in [-0.39, 0.29) is 11.9 Å². The molecule has 1 rings (SSSR count). The maximum absolute atomic E-state index is 11.7. The van der Waals surface area contributed by atoms with E-state index in [4.69, 9.17) is 4.74 Å². The molecule has 0 bridgehead atoms. The van der Waals surface area contributed by atoms with Crippen LogP contribution < -0.4 is 15.4 Å². The van der Waals surface area contributed by atoms with Gasteiger partial charge in [-0.1, -0.05) is 17.7 Å². The van der Waals surface area contributed by atoms with E-state index < -0.39 is 0 Å².